The van der Waals surface area contributed by atoms with Gasteiger partial charge in [0.15, 0.2) is 0 Å². The molecule has 18 heavy (non-hydrogen) atoms. The molecule has 0 aliphatic carbocycles. The highest BCUT2D eigenvalue weighted by Crippen LogP contribution is 2.29. The Kier molecular flexibility index (Phi) is 2.56. The van der Waals surface area contributed by atoms with Gasteiger partial charge in [-0.2, -0.15) is 5.10 Å². The van der Waals surface area contributed by atoms with Crippen molar-refractivity contribution in [3.63, 3.8) is 0 Å². The summed E-state index contributed by atoms with van der Waals surface area (Å²) in [7, 11) is 1.88. The number of benzene rings is 1. The van der Waals surface area contributed by atoms with E-state index in [4.69, 9.17) is 10.5 Å². The van der Waals surface area contributed by atoms with Gasteiger partial charge in [-0.3, -0.25) is 4.68 Å². The van der Waals surface area contributed by atoms with Gasteiger partial charge >= 0.3 is 0 Å². The highest BCUT2D eigenvalue weighted by molar-refractivity contribution is 5.37. The second kappa shape index (κ2) is 4.10. The lowest BCUT2D eigenvalue weighted by molar-refractivity contribution is 0.187. The molecule has 5 nitrogen and oxygen atoms in total. The van der Waals surface area contributed by atoms with E-state index in [0.29, 0.717) is 13.0 Å². The maximum Gasteiger partial charge on any atom is 0.138 e. The molecule has 2 aromatic rings. The van der Waals surface area contributed by atoms with E-state index in [2.05, 4.69) is 16.1 Å². The van der Waals surface area contributed by atoms with Gasteiger partial charge in [0.2, 0.25) is 0 Å². The van der Waals surface area contributed by atoms with Crippen LogP contribution in [0.1, 0.15) is 11.4 Å². The van der Waals surface area contributed by atoms with Crippen molar-refractivity contribution in [1.82, 2.24) is 14.8 Å². The van der Waals surface area contributed by atoms with E-state index in [-0.39, 0.29) is 0 Å². The fourth-order valence-corrected chi connectivity index (χ4v) is 2.35. The first-order chi connectivity index (χ1) is 8.66. The average Bonchev–Trinajstić information content (AvgIpc) is 2.74. The average molecular weight is 244 g/mol. The zero-order valence-corrected chi connectivity index (χ0v) is 10.3. The largest absolute Gasteiger partial charge is 0.491 e. The van der Waals surface area contributed by atoms with Crippen molar-refractivity contribution >= 4 is 0 Å². The van der Waals surface area contributed by atoms with E-state index in [1.54, 1.807) is 11.0 Å². The van der Waals surface area contributed by atoms with Crippen LogP contribution >= 0.6 is 0 Å². The minimum absolute atomic E-state index is 0.408. The third kappa shape index (κ3) is 1.97. The van der Waals surface area contributed by atoms with E-state index in [9.17, 15) is 0 Å². The maximum atomic E-state index is 6.43. The molecule has 0 fully saturated rings. The van der Waals surface area contributed by atoms with Gasteiger partial charge in [0.25, 0.3) is 0 Å². The molecule has 2 heterocycles. The topological polar surface area (TPSA) is 66.0 Å². The van der Waals surface area contributed by atoms with E-state index in [0.717, 1.165) is 23.6 Å². The van der Waals surface area contributed by atoms with Gasteiger partial charge in [0, 0.05) is 13.5 Å². The monoisotopic (exact) mass is 244 g/mol. The molecule has 1 aliphatic heterocycles. The Bertz CT molecular complexity index is 566. The summed E-state index contributed by atoms with van der Waals surface area (Å²) in [5.41, 5.74) is 7.18. The Labute approximate surface area is 106 Å². The second-order valence-electron chi connectivity index (χ2n) is 4.91. The van der Waals surface area contributed by atoms with Crippen molar-refractivity contribution in [1.29, 1.82) is 0 Å². The van der Waals surface area contributed by atoms with Crippen LogP contribution in [-0.2, 0) is 19.9 Å². The summed E-state index contributed by atoms with van der Waals surface area (Å²) in [6.07, 6.45) is 3.02. The number of nitrogens with zero attached hydrogens (tertiary/aromatic N) is 3. The normalized spacial score (nSPS) is 22.3. The fraction of sp³-hybridized carbons (Fsp3) is 0.385. The summed E-state index contributed by atoms with van der Waals surface area (Å²) in [6.45, 7) is 0.511. The van der Waals surface area contributed by atoms with Crippen LogP contribution in [0.4, 0.5) is 0 Å². The quantitative estimate of drug-likeness (QED) is 0.844. The van der Waals surface area contributed by atoms with Crippen molar-refractivity contribution in [3.05, 3.63) is 42.0 Å². The Morgan fingerprint density at radius 1 is 1.44 bits per heavy atom. The minimum atomic E-state index is -0.408. The summed E-state index contributed by atoms with van der Waals surface area (Å²) in [4.78, 5) is 4.23. The highest BCUT2D eigenvalue weighted by atomic mass is 16.5. The van der Waals surface area contributed by atoms with Crippen molar-refractivity contribution < 1.29 is 4.74 Å². The number of hydrogen-bond donors (Lipinski definition) is 1. The van der Waals surface area contributed by atoms with Crippen LogP contribution in [0.5, 0.6) is 5.75 Å². The third-order valence-corrected chi connectivity index (χ3v) is 3.35. The predicted octanol–water partition coefficient (Wildman–Crippen LogP) is 0.690. The van der Waals surface area contributed by atoms with Crippen LogP contribution in [0, 0.1) is 0 Å². The molecule has 1 aliphatic rings. The lowest BCUT2D eigenvalue weighted by Gasteiger charge is -2.34. The van der Waals surface area contributed by atoms with Gasteiger partial charge in [-0.05, 0) is 18.1 Å². The van der Waals surface area contributed by atoms with Gasteiger partial charge in [-0.25, -0.2) is 4.98 Å². The Morgan fingerprint density at radius 3 is 3.06 bits per heavy atom. The van der Waals surface area contributed by atoms with Gasteiger partial charge in [0.1, 0.15) is 24.5 Å². The first-order valence-corrected chi connectivity index (χ1v) is 5.99. The lowest BCUT2D eigenvalue weighted by Crippen LogP contribution is -2.52. The van der Waals surface area contributed by atoms with Crippen LogP contribution in [-0.4, -0.2) is 26.9 Å². The molecule has 0 amide bonds. The number of fused-ring (bicyclic) bond motifs is 1. The summed E-state index contributed by atoms with van der Waals surface area (Å²) in [5.74, 6) is 1.83. The van der Waals surface area contributed by atoms with Crippen LogP contribution in [0.25, 0.3) is 0 Å². The van der Waals surface area contributed by atoms with Gasteiger partial charge in [0.05, 0.1) is 5.54 Å². The first kappa shape index (κ1) is 11.2. The molecular formula is C13H16N4O. The van der Waals surface area contributed by atoms with E-state index in [1.165, 1.54) is 0 Å². The molecule has 0 bridgehead atoms. The fourth-order valence-electron chi connectivity index (χ4n) is 2.35. The summed E-state index contributed by atoms with van der Waals surface area (Å²) < 4.78 is 7.50. The summed E-state index contributed by atoms with van der Waals surface area (Å²) in [6, 6.07) is 8.03. The molecule has 0 radical (unpaired) electrons. The standard InChI is InChI=1S/C13H16N4O/c1-17-12(15-9-16-17)7-13(14)6-10-4-2-3-5-11(10)18-8-13/h2-5,9H,6-8,14H2,1H3. The van der Waals surface area contributed by atoms with Crippen LogP contribution in [0.3, 0.4) is 0 Å². The van der Waals surface area contributed by atoms with E-state index >= 15 is 0 Å². The molecule has 1 atom stereocenters. The number of ether oxygens (including phenoxy) is 1. The number of hydrogen-bond acceptors (Lipinski definition) is 4. The van der Waals surface area contributed by atoms with Gasteiger partial charge in [-0.15, -0.1) is 0 Å². The summed E-state index contributed by atoms with van der Waals surface area (Å²) in [5, 5.41) is 4.07. The number of nitrogens with two attached hydrogens (primary N) is 1. The first-order valence-electron chi connectivity index (χ1n) is 5.99. The second-order valence-corrected chi connectivity index (χ2v) is 4.91. The third-order valence-electron chi connectivity index (χ3n) is 3.35. The molecule has 1 aromatic carbocycles. The number of aromatic nitrogens is 3. The molecule has 1 unspecified atom stereocenters. The van der Waals surface area contributed by atoms with Gasteiger partial charge < -0.3 is 10.5 Å². The lowest BCUT2D eigenvalue weighted by atomic mass is 9.87. The molecule has 0 saturated carbocycles. The molecule has 94 valence electrons. The molecule has 0 spiro atoms. The van der Waals surface area contributed by atoms with Crippen molar-refractivity contribution in [2.24, 2.45) is 12.8 Å². The van der Waals surface area contributed by atoms with E-state index in [1.807, 2.05) is 25.2 Å². The smallest absolute Gasteiger partial charge is 0.138 e. The zero-order valence-electron chi connectivity index (χ0n) is 10.3. The Balaban J connectivity index is 1.84. The van der Waals surface area contributed by atoms with Gasteiger partial charge in [-0.1, -0.05) is 18.2 Å². The molecule has 1 aromatic heterocycles. The SMILES string of the molecule is Cn1ncnc1CC1(N)COc2ccccc2C1. The molecule has 0 saturated heterocycles. The molecular weight excluding hydrogens is 228 g/mol. The van der Waals surface area contributed by atoms with Crippen LogP contribution < -0.4 is 10.5 Å². The predicted molar refractivity (Wildman–Crippen MR) is 67.3 cm³/mol. The molecule has 5 heteroatoms. The maximum absolute atomic E-state index is 6.43. The van der Waals surface area contributed by atoms with Crippen molar-refractivity contribution in [2.75, 3.05) is 6.61 Å². The summed E-state index contributed by atoms with van der Waals surface area (Å²) >= 11 is 0. The van der Waals surface area contributed by atoms with Crippen molar-refractivity contribution in [3.8, 4) is 5.75 Å². The Hall–Kier alpha value is -1.88. The van der Waals surface area contributed by atoms with Crippen LogP contribution in [0.15, 0.2) is 30.6 Å². The number of rotatable bonds is 2. The highest BCUT2D eigenvalue weighted by Gasteiger charge is 2.33. The minimum Gasteiger partial charge on any atom is -0.491 e. The van der Waals surface area contributed by atoms with Crippen LogP contribution in [0.2, 0.25) is 0 Å². The van der Waals surface area contributed by atoms with E-state index < -0.39 is 5.54 Å². The number of para-hydroxylation sites is 1. The Morgan fingerprint density at radius 2 is 2.28 bits per heavy atom. The van der Waals surface area contributed by atoms with Crippen molar-refractivity contribution in [2.45, 2.75) is 18.4 Å². The molecule has 3 rings (SSSR count). The molecule has 2 N–H and O–H groups in total. The number of aryl methyl sites for hydroxylation is 1. The zero-order chi connectivity index (χ0) is 12.6.